The SMILES string of the molecule is Cc1cc(C)n(C(C)c2nnc(Nc3ccn(Cc4ccccc4C)n3)s2)n1. The fourth-order valence-corrected chi connectivity index (χ4v) is 3.97. The molecular weight excluding hydrogens is 370 g/mol. The summed E-state index contributed by atoms with van der Waals surface area (Å²) in [5.74, 6) is 0.759. The van der Waals surface area contributed by atoms with Crippen LogP contribution in [0.1, 0.15) is 40.5 Å². The van der Waals surface area contributed by atoms with Crippen molar-refractivity contribution in [1.82, 2.24) is 29.8 Å². The summed E-state index contributed by atoms with van der Waals surface area (Å²) in [4.78, 5) is 0. The third-order valence-corrected chi connectivity index (χ3v) is 5.69. The fourth-order valence-electron chi connectivity index (χ4n) is 3.18. The molecule has 0 saturated heterocycles. The maximum atomic E-state index is 4.60. The monoisotopic (exact) mass is 393 g/mol. The molecule has 0 saturated carbocycles. The number of benzene rings is 1. The van der Waals surface area contributed by atoms with E-state index in [0.717, 1.165) is 33.9 Å². The number of anilines is 2. The second kappa shape index (κ2) is 7.55. The third-order valence-electron chi connectivity index (χ3n) is 4.68. The van der Waals surface area contributed by atoms with Crippen molar-refractivity contribution in [3.63, 3.8) is 0 Å². The minimum Gasteiger partial charge on any atom is -0.313 e. The van der Waals surface area contributed by atoms with E-state index >= 15 is 0 Å². The molecule has 0 spiro atoms. The molecule has 7 nitrogen and oxygen atoms in total. The van der Waals surface area contributed by atoms with Gasteiger partial charge in [0, 0.05) is 18.0 Å². The van der Waals surface area contributed by atoms with Gasteiger partial charge in [0.25, 0.3) is 0 Å². The lowest BCUT2D eigenvalue weighted by Gasteiger charge is -2.10. The average molecular weight is 394 g/mol. The summed E-state index contributed by atoms with van der Waals surface area (Å²) in [7, 11) is 0. The van der Waals surface area contributed by atoms with Crippen LogP contribution in [0.4, 0.5) is 10.9 Å². The molecule has 0 radical (unpaired) electrons. The first-order chi connectivity index (χ1) is 13.5. The van der Waals surface area contributed by atoms with Crippen LogP contribution < -0.4 is 5.32 Å². The normalized spacial score (nSPS) is 12.3. The van der Waals surface area contributed by atoms with Crippen molar-refractivity contribution >= 4 is 22.3 Å². The second-order valence-corrected chi connectivity index (χ2v) is 7.95. The zero-order chi connectivity index (χ0) is 19.7. The van der Waals surface area contributed by atoms with Crippen LogP contribution in [0.5, 0.6) is 0 Å². The molecule has 0 aliphatic carbocycles. The van der Waals surface area contributed by atoms with Gasteiger partial charge in [-0.15, -0.1) is 10.2 Å². The molecular formula is C20H23N7S. The molecule has 0 amide bonds. The Labute approximate surface area is 168 Å². The summed E-state index contributed by atoms with van der Waals surface area (Å²) in [6.45, 7) is 8.99. The quantitative estimate of drug-likeness (QED) is 0.530. The van der Waals surface area contributed by atoms with Gasteiger partial charge in [-0.3, -0.25) is 9.36 Å². The van der Waals surface area contributed by atoms with Crippen LogP contribution >= 0.6 is 11.3 Å². The maximum Gasteiger partial charge on any atom is 0.211 e. The van der Waals surface area contributed by atoms with E-state index in [0.29, 0.717) is 0 Å². The van der Waals surface area contributed by atoms with Crippen LogP contribution in [0.3, 0.4) is 0 Å². The Bertz CT molecular complexity index is 1090. The zero-order valence-corrected chi connectivity index (χ0v) is 17.2. The lowest BCUT2D eigenvalue weighted by molar-refractivity contribution is 0.540. The molecule has 3 heterocycles. The Kier molecular flexibility index (Phi) is 4.95. The fraction of sp³-hybridized carbons (Fsp3) is 0.300. The third kappa shape index (κ3) is 3.82. The van der Waals surface area contributed by atoms with Crippen LogP contribution in [0.25, 0.3) is 0 Å². The minimum absolute atomic E-state index is 0.0420. The largest absolute Gasteiger partial charge is 0.313 e. The van der Waals surface area contributed by atoms with E-state index in [9.17, 15) is 0 Å². The molecule has 8 heteroatoms. The van der Waals surface area contributed by atoms with E-state index in [1.807, 2.05) is 28.6 Å². The van der Waals surface area contributed by atoms with Gasteiger partial charge in [0.1, 0.15) is 11.0 Å². The predicted octanol–water partition coefficient (Wildman–Crippen LogP) is 4.26. The Morgan fingerprint density at radius 1 is 1.07 bits per heavy atom. The van der Waals surface area contributed by atoms with Crippen molar-refractivity contribution in [2.45, 2.75) is 40.3 Å². The maximum absolute atomic E-state index is 4.60. The number of aryl methyl sites for hydroxylation is 3. The smallest absolute Gasteiger partial charge is 0.211 e. The van der Waals surface area contributed by atoms with Gasteiger partial charge < -0.3 is 5.32 Å². The Balaban J connectivity index is 1.45. The van der Waals surface area contributed by atoms with Crippen LogP contribution in [-0.2, 0) is 6.54 Å². The van der Waals surface area contributed by atoms with Crippen LogP contribution in [0.15, 0.2) is 42.6 Å². The van der Waals surface area contributed by atoms with Crippen LogP contribution in [-0.4, -0.2) is 29.8 Å². The summed E-state index contributed by atoms with van der Waals surface area (Å²) in [6.07, 6.45) is 1.97. The Morgan fingerprint density at radius 3 is 2.64 bits per heavy atom. The summed E-state index contributed by atoms with van der Waals surface area (Å²) in [5.41, 5.74) is 4.64. The van der Waals surface area contributed by atoms with Crippen molar-refractivity contribution in [3.05, 3.63) is 70.1 Å². The summed E-state index contributed by atoms with van der Waals surface area (Å²) in [6, 6.07) is 12.4. The molecule has 1 atom stereocenters. The van der Waals surface area contributed by atoms with Gasteiger partial charge in [0.05, 0.1) is 12.2 Å². The Morgan fingerprint density at radius 2 is 1.89 bits per heavy atom. The van der Waals surface area contributed by atoms with E-state index in [-0.39, 0.29) is 6.04 Å². The highest BCUT2D eigenvalue weighted by Gasteiger charge is 2.17. The zero-order valence-electron chi connectivity index (χ0n) is 16.4. The van der Waals surface area contributed by atoms with Gasteiger partial charge in [0.2, 0.25) is 5.13 Å². The average Bonchev–Trinajstić information content (AvgIpc) is 3.38. The second-order valence-electron chi connectivity index (χ2n) is 6.94. The van der Waals surface area contributed by atoms with Crippen molar-refractivity contribution < 1.29 is 0 Å². The summed E-state index contributed by atoms with van der Waals surface area (Å²) >= 11 is 1.52. The van der Waals surface area contributed by atoms with Crippen molar-refractivity contribution in [2.24, 2.45) is 0 Å². The van der Waals surface area contributed by atoms with E-state index in [1.165, 1.54) is 22.5 Å². The first-order valence-electron chi connectivity index (χ1n) is 9.21. The number of nitrogens with zero attached hydrogens (tertiary/aromatic N) is 6. The molecule has 28 heavy (non-hydrogen) atoms. The van der Waals surface area contributed by atoms with Gasteiger partial charge in [0.15, 0.2) is 5.82 Å². The number of hydrogen-bond donors (Lipinski definition) is 1. The molecule has 0 aliphatic rings. The lowest BCUT2D eigenvalue weighted by atomic mass is 10.1. The van der Waals surface area contributed by atoms with Gasteiger partial charge in [-0.1, -0.05) is 35.6 Å². The molecule has 0 bridgehead atoms. The number of rotatable bonds is 6. The standard InChI is InChI=1S/C20H23N7S/c1-13-7-5-6-8-17(13)12-26-10-9-18(25-26)21-20-23-22-19(28-20)16(4)27-15(3)11-14(2)24-27/h5-11,16H,12H2,1-4H3,(H,21,23,25). The highest BCUT2D eigenvalue weighted by atomic mass is 32.1. The van der Waals surface area contributed by atoms with E-state index in [1.54, 1.807) is 0 Å². The molecule has 1 N–H and O–H groups in total. The van der Waals surface area contributed by atoms with E-state index in [4.69, 9.17) is 0 Å². The highest BCUT2D eigenvalue weighted by Crippen LogP contribution is 2.27. The number of nitrogens with one attached hydrogen (secondary N) is 1. The molecule has 1 unspecified atom stereocenters. The summed E-state index contributed by atoms with van der Waals surface area (Å²) < 4.78 is 3.90. The first-order valence-corrected chi connectivity index (χ1v) is 10.0. The van der Waals surface area contributed by atoms with Gasteiger partial charge >= 0.3 is 0 Å². The molecule has 4 rings (SSSR count). The van der Waals surface area contributed by atoms with Crippen molar-refractivity contribution in [1.29, 1.82) is 0 Å². The number of aromatic nitrogens is 6. The molecule has 4 aromatic rings. The molecule has 1 aromatic carbocycles. The topological polar surface area (TPSA) is 73.5 Å². The van der Waals surface area contributed by atoms with Gasteiger partial charge in [-0.05, 0) is 44.9 Å². The van der Waals surface area contributed by atoms with E-state index in [2.05, 4.69) is 76.8 Å². The molecule has 0 fully saturated rings. The molecule has 0 aliphatic heterocycles. The van der Waals surface area contributed by atoms with Gasteiger partial charge in [-0.2, -0.15) is 10.2 Å². The highest BCUT2D eigenvalue weighted by molar-refractivity contribution is 7.15. The lowest BCUT2D eigenvalue weighted by Crippen LogP contribution is -2.10. The predicted molar refractivity (Wildman–Crippen MR) is 111 cm³/mol. The molecule has 3 aromatic heterocycles. The van der Waals surface area contributed by atoms with Crippen molar-refractivity contribution in [2.75, 3.05) is 5.32 Å². The summed E-state index contributed by atoms with van der Waals surface area (Å²) in [5, 5.41) is 22.6. The Hall–Kier alpha value is -3.00. The number of hydrogen-bond acceptors (Lipinski definition) is 6. The van der Waals surface area contributed by atoms with E-state index < -0.39 is 0 Å². The van der Waals surface area contributed by atoms with Crippen LogP contribution in [0.2, 0.25) is 0 Å². The van der Waals surface area contributed by atoms with Crippen molar-refractivity contribution in [3.8, 4) is 0 Å². The molecule has 144 valence electrons. The van der Waals surface area contributed by atoms with Gasteiger partial charge in [-0.25, -0.2) is 0 Å². The minimum atomic E-state index is 0.0420. The van der Waals surface area contributed by atoms with Crippen LogP contribution in [0, 0.1) is 20.8 Å². The first kappa shape index (κ1) is 18.4.